The van der Waals surface area contributed by atoms with Crippen LogP contribution in [0, 0.1) is 0 Å². The van der Waals surface area contributed by atoms with Crippen molar-refractivity contribution in [2.75, 3.05) is 4.72 Å². The molecule has 6 nitrogen and oxygen atoms in total. The van der Waals surface area contributed by atoms with Gasteiger partial charge in [0.1, 0.15) is 10.6 Å². The molecule has 0 unspecified atom stereocenters. The number of anilines is 1. The summed E-state index contributed by atoms with van der Waals surface area (Å²) in [5.41, 5.74) is -0.154. The van der Waals surface area contributed by atoms with E-state index in [9.17, 15) is 13.2 Å². The molecule has 0 atom stereocenters. The minimum absolute atomic E-state index is 0.0311. The Morgan fingerprint density at radius 3 is 2.52 bits per heavy atom. The fraction of sp³-hybridized carbons (Fsp3) is 0. The average molecular weight is 414 g/mol. The maximum Gasteiger partial charge on any atom is 0.352 e. The highest BCUT2D eigenvalue weighted by molar-refractivity contribution is 9.10. The highest BCUT2D eigenvalue weighted by atomic mass is 79.9. The summed E-state index contributed by atoms with van der Waals surface area (Å²) in [6, 6.07) is 3.96. The van der Waals surface area contributed by atoms with Gasteiger partial charge in [-0.3, -0.25) is 4.72 Å². The van der Waals surface area contributed by atoms with Crippen molar-refractivity contribution < 1.29 is 18.3 Å². The number of rotatable bonds is 4. The van der Waals surface area contributed by atoms with Crippen LogP contribution in [0.3, 0.4) is 0 Å². The van der Waals surface area contributed by atoms with Crippen LogP contribution in [-0.2, 0) is 10.0 Å². The van der Waals surface area contributed by atoms with Crippen molar-refractivity contribution in [3.8, 4) is 0 Å². The zero-order chi connectivity index (χ0) is 15.8. The molecule has 0 aliphatic rings. The van der Waals surface area contributed by atoms with E-state index in [4.69, 9.17) is 28.3 Å². The second kappa shape index (κ2) is 5.88. The Balaban J connectivity index is 2.37. The predicted molar refractivity (Wildman–Crippen MR) is 82.7 cm³/mol. The van der Waals surface area contributed by atoms with Gasteiger partial charge in [-0.05, 0) is 34.1 Å². The molecule has 0 radical (unpaired) electrons. The molecule has 1 heterocycles. The molecule has 10 heteroatoms. The van der Waals surface area contributed by atoms with Gasteiger partial charge in [-0.15, -0.1) is 0 Å². The van der Waals surface area contributed by atoms with Crippen LogP contribution in [0.15, 0.2) is 33.8 Å². The van der Waals surface area contributed by atoms with E-state index in [0.29, 0.717) is 4.47 Å². The highest BCUT2D eigenvalue weighted by Crippen LogP contribution is 2.36. The normalized spacial score (nSPS) is 11.4. The number of aromatic amines is 1. The molecule has 1 aromatic carbocycles. The number of carboxylic acids is 1. The lowest BCUT2D eigenvalue weighted by atomic mass is 10.3. The Kier molecular flexibility index (Phi) is 4.52. The number of nitrogens with one attached hydrogen (secondary N) is 2. The van der Waals surface area contributed by atoms with Gasteiger partial charge in [0.2, 0.25) is 0 Å². The van der Waals surface area contributed by atoms with E-state index in [-0.39, 0.29) is 26.3 Å². The molecule has 0 bridgehead atoms. The van der Waals surface area contributed by atoms with Gasteiger partial charge < -0.3 is 10.1 Å². The van der Waals surface area contributed by atoms with Crippen LogP contribution in [-0.4, -0.2) is 24.5 Å². The van der Waals surface area contributed by atoms with Crippen LogP contribution in [0.25, 0.3) is 0 Å². The van der Waals surface area contributed by atoms with Crippen LogP contribution in [0.5, 0.6) is 0 Å². The van der Waals surface area contributed by atoms with Crippen LogP contribution in [0.4, 0.5) is 5.69 Å². The summed E-state index contributed by atoms with van der Waals surface area (Å²) in [6.45, 7) is 0. The third kappa shape index (κ3) is 3.34. The number of hydrogen-bond donors (Lipinski definition) is 3. The molecule has 0 amide bonds. The lowest BCUT2D eigenvalue weighted by Gasteiger charge is -2.10. The number of hydrogen-bond acceptors (Lipinski definition) is 3. The Bertz CT molecular complexity index is 820. The molecule has 2 rings (SSSR count). The third-order valence-electron chi connectivity index (χ3n) is 2.48. The van der Waals surface area contributed by atoms with E-state index < -0.39 is 16.0 Å². The SMILES string of the molecule is O=C(O)c1cc(S(=O)(=O)Nc2ccc(Br)c(Cl)c2Cl)c[nH]1. The van der Waals surface area contributed by atoms with Gasteiger partial charge in [0.15, 0.2) is 0 Å². The standard InChI is InChI=1S/C11H7BrCl2N2O4S/c12-6-1-2-7(10(14)9(6)13)16-21(19,20)5-3-8(11(17)18)15-4-5/h1-4,15-16H,(H,17,18). The zero-order valence-electron chi connectivity index (χ0n) is 10.0. The minimum Gasteiger partial charge on any atom is -0.477 e. The van der Waals surface area contributed by atoms with E-state index in [2.05, 4.69) is 25.6 Å². The summed E-state index contributed by atoms with van der Waals surface area (Å²) < 4.78 is 27.1. The lowest BCUT2D eigenvalue weighted by Crippen LogP contribution is -2.12. The van der Waals surface area contributed by atoms with Crippen molar-refractivity contribution >= 4 is 60.8 Å². The molecular weight excluding hydrogens is 407 g/mol. The molecule has 0 saturated carbocycles. The Morgan fingerprint density at radius 1 is 1.29 bits per heavy atom. The molecule has 0 aliphatic carbocycles. The van der Waals surface area contributed by atoms with E-state index in [1.54, 1.807) is 0 Å². The van der Waals surface area contributed by atoms with Gasteiger partial charge in [-0.2, -0.15) is 0 Å². The molecule has 0 fully saturated rings. The van der Waals surface area contributed by atoms with Gasteiger partial charge in [-0.1, -0.05) is 23.2 Å². The highest BCUT2D eigenvalue weighted by Gasteiger charge is 2.20. The maximum atomic E-state index is 12.1. The second-order valence-corrected chi connectivity index (χ2v) is 7.18. The van der Waals surface area contributed by atoms with Gasteiger partial charge in [0, 0.05) is 10.7 Å². The fourth-order valence-corrected chi connectivity index (χ4v) is 3.40. The molecule has 3 N–H and O–H groups in total. The smallest absolute Gasteiger partial charge is 0.352 e. The first-order valence-corrected chi connectivity index (χ1v) is 8.33. The van der Waals surface area contributed by atoms with Crippen molar-refractivity contribution in [1.29, 1.82) is 0 Å². The number of benzene rings is 1. The largest absolute Gasteiger partial charge is 0.477 e. The van der Waals surface area contributed by atoms with Gasteiger partial charge >= 0.3 is 5.97 Å². The fourth-order valence-electron chi connectivity index (χ4n) is 1.46. The predicted octanol–water partition coefficient (Wildman–Crippen LogP) is 3.58. The number of halogens is 3. The zero-order valence-corrected chi connectivity index (χ0v) is 13.9. The van der Waals surface area contributed by atoms with Crippen molar-refractivity contribution in [2.45, 2.75) is 4.90 Å². The quantitative estimate of drug-likeness (QED) is 0.667. The van der Waals surface area contributed by atoms with Gasteiger partial charge in [0.05, 0.1) is 15.7 Å². The van der Waals surface area contributed by atoms with Crippen molar-refractivity contribution in [3.63, 3.8) is 0 Å². The number of H-pyrrole nitrogens is 1. The topological polar surface area (TPSA) is 99.3 Å². The molecule has 21 heavy (non-hydrogen) atoms. The van der Waals surface area contributed by atoms with Crippen LogP contribution in [0.1, 0.15) is 10.5 Å². The average Bonchev–Trinajstić information content (AvgIpc) is 2.90. The third-order valence-corrected chi connectivity index (χ3v) is 5.59. The number of aromatic nitrogens is 1. The summed E-state index contributed by atoms with van der Waals surface area (Å²) in [7, 11) is -3.98. The Morgan fingerprint density at radius 2 is 1.95 bits per heavy atom. The first kappa shape index (κ1) is 16.2. The van der Waals surface area contributed by atoms with Crippen molar-refractivity contribution in [1.82, 2.24) is 4.98 Å². The van der Waals surface area contributed by atoms with Crippen molar-refractivity contribution in [3.05, 3.63) is 44.6 Å². The lowest BCUT2D eigenvalue weighted by molar-refractivity contribution is 0.0691. The Labute approximate surface area is 138 Å². The molecular formula is C11H7BrCl2N2O4S. The van der Waals surface area contributed by atoms with Crippen LogP contribution >= 0.6 is 39.1 Å². The molecule has 2 aromatic rings. The molecule has 112 valence electrons. The van der Waals surface area contributed by atoms with E-state index >= 15 is 0 Å². The van der Waals surface area contributed by atoms with Gasteiger partial charge in [-0.25, -0.2) is 13.2 Å². The summed E-state index contributed by atoms with van der Waals surface area (Å²) in [5, 5.41) is 8.97. The number of carbonyl (C=O) groups is 1. The van der Waals surface area contributed by atoms with Gasteiger partial charge in [0.25, 0.3) is 10.0 Å². The number of carboxylic acid groups (broad SMARTS) is 1. The summed E-state index contributed by atoms with van der Waals surface area (Å²) in [5.74, 6) is -1.26. The molecule has 0 saturated heterocycles. The minimum atomic E-state index is -3.98. The summed E-state index contributed by atoms with van der Waals surface area (Å²) in [4.78, 5) is 12.9. The molecule has 0 spiro atoms. The van der Waals surface area contributed by atoms with Crippen molar-refractivity contribution in [2.24, 2.45) is 0 Å². The van der Waals surface area contributed by atoms with E-state index in [1.807, 2.05) is 0 Å². The van der Waals surface area contributed by atoms with E-state index in [0.717, 1.165) is 12.3 Å². The maximum absolute atomic E-state index is 12.1. The van der Waals surface area contributed by atoms with Crippen LogP contribution < -0.4 is 4.72 Å². The first-order valence-electron chi connectivity index (χ1n) is 5.30. The first-order chi connectivity index (χ1) is 9.72. The number of sulfonamides is 1. The monoisotopic (exact) mass is 412 g/mol. The number of aromatic carboxylic acids is 1. The summed E-state index contributed by atoms with van der Waals surface area (Å²) in [6.07, 6.45) is 1.07. The molecule has 1 aromatic heterocycles. The van der Waals surface area contributed by atoms with Crippen LogP contribution in [0.2, 0.25) is 10.0 Å². The van der Waals surface area contributed by atoms with E-state index in [1.165, 1.54) is 12.1 Å². The Hall–Kier alpha value is -1.22. The molecule has 0 aliphatic heterocycles. The summed E-state index contributed by atoms with van der Waals surface area (Å²) >= 11 is 15.0. The second-order valence-electron chi connectivity index (χ2n) is 3.88.